The van der Waals surface area contributed by atoms with E-state index in [1.807, 2.05) is 12.1 Å². The van der Waals surface area contributed by atoms with Crippen molar-refractivity contribution in [1.82, 2.24) is 9.13 Å². The first-order valence-electron chi connectivity index (χ1n) is 9.22. The number of rotatable bonds is 4. The maximum Gasteiger partial charge on any atom is 0.331 e. The lowest BCUT2D eigenvalue weighted by Gasteiger charge is -2.13. The van der Waals surface area contributed by atoms with Crippen LogP contribution in [0.3, 0.4) is 0 Å². The van der Waals surface area contributed by atoms with Crippen LogP contribution >= 0.6 is 0 Å². The van der Waals surface area contributed by atoms with Gasteiger partial charge in [-0.1, -0.05) is 18.2 Å². The summed E-state index contributed by atoms with van der Waals surface area (Å²) in [5.74, 6) is -0.290. The summed E-state index contributed by atoms with van der Waals surface area (Å²) in [5.41, 5.74) is 3.03. The quantitative estimate of drug-likeness (QED) is 0.773. The summed E-state index contributed by atoms with van der Waals surface area (Å²) < 4.78 is 2.52. The van der Waals surface area contributed by atoms with Gasteiger partial charge in [0.1, 0.15) is 6.54 Å². The summed E-state index contributed by atoms with van der Waals surface area (Å²) in [7, 11) is 0. The molecular formula is C21H21N3O3. The number of amides is 1. The van der Waals surface area contributed by atoms with Gasteiger partial charge in [-0.15, -0.1) is 0 Å². The summed E-state index contributed by atoms with van der Waals surface area (Å²) in [5, 5.41) is 3.31. The number of carbonyl (C=O) groups is 1. The minimum Gasteiger partial charge on any atom is -0.325 e. The van der Waals surface area contributed by atoms with E-state index in [9.17, 15) is 14.4 Å². The molecule has 0 saturated carbocycles. The molecule has 6 nitrogen and oxygen atoms in total. The number of para-hydroxylation sites is 1. The molecule has 2 aromatic carbocycles. The standard InChI is InChI=1S/C21H21N3O3/c1-2-23-20(26)17-8-3-4-9-18(17)24(21(23)27)13-19(25)22-16-11-10-14-6-5-7-15(14)12-16/h3-4,8-12H,2,5-7,13H2,1H3,(H,22,25). The Kier molecular flexibility index (Phi) is 4.39. The van der Waals surface area contributed by atoms with Crippen molar-refractivity contribution in [2.24, 2.45) is 0 Å². The van der Waals surface area contributed by atoms with Gasteiger partial charge in [0.25, 0.3) is 5.56 Å². The molecular weight excluding hydrogens is 342 g/mol. The van der Waals surface area contributed by atoms with Crippen molar-refractivity contribution in [2.45, 2.75) is 39.3 Å². The SMILES string of the molecule is CCn1c(=O)c2ccccc2n(CC(=O)Nc2ccc3c(c2)CCC3)c1=O. The van der Waals surface area contributed by atoms with Crippen LogP contribution in [0, 0.1) is 0 Å². The zero-order valence-electron chi connectivity index (χ0n) is 15.2. The van der Waals surface area contributed by atoms with E-state index in [0.29, 0.717) is 10.9 Å². The smallest absolute Gasteiger partial charge is 0.325 e. The maximum atomic E-state index is 12.7. The summed E-state index contributed by atoms with van der Waals surface area (Å²) >= 11 is 0. The zero-order chi connectivity index (χ0) is 19.0. The summed E-state index contributed by atoms with van der Waals surface area (Å²) in [6.45, 7) is 1.86. The Hall–Kier alpha value is -3.15. The molecule has 1 aromatic heterocycles. The normalized spacial score (nSPS) is 12.9. The average molecular weight is 363 g/mol. The highest BCUT2D eigenvalue weighted by atomic mass is 16.2. The molecule has 1 aliphatic carbocycles. The number of nitrogens with zero attached hydrogens (tertiary/aromatic N) is 2. The number of hydrogen-bond acceptors (Lipinski definition) is 3. The first-order valence-corrected chi connectivity index (χ1v) is 9.22. The number of benzene rings is 2. The van der Waals surface area contributed by atoms with Gasteiger partial charge in [0.05, 0.1) is 10.9 Å². The van der Waals surface area contributed by atoms with Crippen molar-refractivity contribution in [3.63, 3.8) is 0 Å². The van der Waals surface area contributed by atoms with E-state index in [1.165, 1.54) is 15.7 Å². The van der Waals surface area contributed by atoms with Gasteiger partial charge in [-0.2, -0.15) is 0 Å². The lowest BCUT2D eigenvalue weighted by Crippen LogP contribution is -2.41. The van der Waals surface area contributed by atoms with Crippen molar-refractivity contribution >= 4 is 22.5 Å². The molecule has 1 aliphatic rings. The Labute approximate surface area is 156 Å². The number of hydrogen-bond donors (Lipinski definition) is 1. The molecule has 0 spiro atoms. The van der Waals surface area contributed by atoms with E-state index in [-0.39, 0.29) is 24.6 Å². The molecule has 0 bridgehead atoms. The van der Waals surface area contributed by atoms with Crippen molar-refractivity contribution in [3.8, 4) is 0 Å². The molecule has 3 aromatic rings. The Bertz CT molecular complexity index is 1160. The van der Waals surface area contributed by atoms with Crippen LogP contribution in [0.1, 0.15) is 24.5 Å². The third-order valence-electron chi connectivity index (χ3n) is 5.13. The van der Waals surface area contributed by atoms with Gasteiger partial charge >= 0.3 is 5.69 Å². The molecule has 0 radical (unpaired) electrons. The number of carbonyl (C=O) groups excluding carboxylic acids is 1. The third kappa shape index (κ3) is 3.07. The Morgan fingerprint density at radius 2 is 1.81 bits per heavy atom. The third-order valence-corrected chi connectivity index (χ3v) is 5.13. The van der Waals surface area contributed by atoms with Gasteiger partial charge in [0, 0.05) is 12.2 Å². The minimum absolute atomic E-state index is 0.142. The highest BCUT2D eigenvalue weighted by molar-refractivity contribution is 5.91. The molecule has 0 unspecified atom stereocenters. The number of aromatic nitrogens is 2. The first kappa shape index (κ1) is 17.3. The van der Waals surface area contributed by atoms with E-state index >= 15 is 0 Å². The topological polar surface area (TPSA) is 73.1 Å². The number of nitrogens with one attached hydrogen (secondary N) is 1. The Morgan fingerprint density at radius 1 is 1.04 bits per heavy atom. The van der Waals surface area contributed by atoms with E-state index < -0.39 is 5.69 Å². The minimum atomic E-state index is -0.467. The first-order chi connectivity index (χ1) is 13.1. The predicted molar refractivity (Wildman–Crippen MR) is 105 cm³/mol. The van der Waals surface area contributed by atoms with Gasteiger partial charge in [-0.3, -0.25) is 18.7 Å². The van der Waals surface area contributed by atoms with Crippen LogP contribution < -0.4 is 16.6 Å². The van der Waals surface area contributed by atoms with E-state index in [1.54, 1.807) is 31.2 Å². The monoisotopic (exact) mass is 363 g/mol. The highest BCUT2D eigenvalue weighted by Gasteiger charge is 2.15. The van der Waals surface area contributed by atoms with Crippen molar-refractivity contribution < 1.29 is 4.79 Å². The second-order valence-corrected chi connectivity index (χ2v) is 6.82. The molecule has 1 heterocycles. The predicted octanol–water partition coefficient (Wildman–Crippen LogP) is 2.31. The summed E-state index contributed by atoms with van der Waals surface area (Å²) in [6.07, 6.45) is 3.26. The summed E-state index contributed by atoms with van der Waals surface area (Å²) in [6, 6.07) is 12.8. The second-order valence-electron chi connectivity index (χ2n) is 6.82. The second kappa shape index (κ2) is 6.87. The molecule has 0 atom stereocenters. The largest absolute Gasteiger partial charge is 0.331 e. The number of aryl methyl sites for hydroxylation is 2. The van der Waals surface area contributed by atoms with Crippen LogP contribution in [0.2, 0.25) is 0 Å². The lowest BCUT2D eigenvalue weighted by atomic mass is 10.1. The van der Waals surface area contributed by atoms with Crippen molar-refractivity contribution in [2.75, 3.05) is 5.32 Å². The van der Waals surface area contributed by atoms with Gasteiger partial charge in [0.15, 0.2) is 0 Å². The van der Waals surface area contributed by atoms with Crippen LogP contribution in [0.4, 0.5) is 5.69 Å². The van der Waals surface area contributed by atoms with E-state index in [0.717, 1.165) is 29.5 Å². The zero-order valence-corrected chi connectivity index (χ0v) is 15.2. The average Bonchev–Trinajstić information content (AvgIpc) is 3.13. The highest BCUT2D eigenvalue weighted by Crippen LogP contribution is 2.24. The summed E-state index contributed by atoms with van der Waals surface area (Å²) in [4.78, 5) is 37.8. The van der Waals surface area contributed by atoms with Gasteiger partial charge in [0.2, 0.25) is 5.91 Å². The fourth-order valence-electron chi connectivity index (χ4n) is 3.80. The fourth-order valence-corrected chi connectivity index (χ4v) is 3.80. The van der Waals surface area contributed by atoms with Crippen LogP contribution in [0.25, 0.3) is 10.9 Å². The van der Waals surface area contributed by atoms with Crippen LogP contribution in [-0.4, -0.2) is 15.0 Å². The molecule has 138 valence electrons. The Balaban J connectivity index is 1.68. The van der Waals surface area contributed by atoms with Crippen molar-refractivity contribution in [3.05, 3.63) is 74.4 Å². The molecule has 0 saturated heterocycles. The fraction of sp³-hybridized carbons (Fsp3) is 0.286. The molecule has 4 rings (SSSR count). The van der Waals surface area contributed by atoms with E-state index in [4.69, 9.17) is 0 Å². The van der Waals surface area contributed by atoms with Crippen LogP contribution in [-0.2, 0) is 30.7 Å². The van der Waals surface area contributed by atoms with Gasteiger partial charge in [-0.25, -0.2) is 4.79 Å². The molecule has 27 heavy (non-hydrogen) atoms. The molecule has 6 heteroatoms. The maximum absolute atomic E-state index is 12.7. The van der Waals surface area contributed by atoms with Crippen molar-refractivity contribution in [1.29, 1.82) is 0 Å². The van der Waals surface area contributed by atoms with E-state index in [2.05, 4.69) is 11.4 Å². The molecule has 1 amide bonds. The van der Waals surface area contributed by atoms with Gasteiger partial charge in [-0.05, 0) is 61.6 Å². The number of fused-ring (bicyclic) bond motifs is 2. The van der Waals surface area contributed by atoms with Gasteiger partial charge < -0.3 is 5.32 Å². The lowest BCUT2D eigenvalue weighted by molar-refractivity contribution is -0.116. The number of anilines is 1. The molecule has 1 N–H and O–H groups in total. The molecule has 0 fully saturated rings. The van der Waals surface area contributed by atoms with Crippen LogP contribution in [0.15, 0.2) is 52.1 Å². The van der Waals surface area contributed by atoms with Crippen LogP contribution in [0.5, 0.6) is 0 Å². The Morgan fingerprint density at radius 3 is 2.63 bits per heavy atom. The molecule has 0 aliphatic heterocycles.